The molecular formula is C11H17N3O4S2. The van der Waals surface area contributed by atoms with Crippen molar-refractivity contribution in [2.45, 2.75) is 11.6 Å². The highest BCUT2D eigenvalue weighted by Gasteiger charge is 2.31. The van der Waals surface area contributed by atoms with Crippen LogP contribution in [0.5, 0.6) is 0 Å². The third kappa shape index (κ3) is 3.35. The first-order valence-electron chi connectivity index (χ1n) is 6.15. The second-order valence-electron chi connectivity index (χ2n) is 4.59. The summed E-state index contributed by atoms with van der Waals surface area (Å²) in [4.78, 5) is 3.96. The van der Waals surface area contributed by atoms with Crippen LogP contribution in [0.3, 0.4) is 0 Å². The van der Waals surface area contributed by atoms with Gasteiger partial charge in [-0.05, 0) is 18.7 Å². The fraction of sp³-hybridized carbons (Fsp3) is 0.545. The molecule has 0 spiro atoms. The molecule has 7 nitrogen and oxygen atoms in total. The summed E-state index contributed by atoms with van der Waals surface area (Å²) >= 11 is 0. The van der Waals surface area contributed by atoms with E-state index in [1.807, 2.05) is 0 Å². The van der Waals surface area contributed by atoms with Crippen LogP contribution in [-0.4, -0.2) is 57.8 Å². The average molecular weight is 319 g/mol. The molecule has 0 saturated carbocycles. The molecule has 20 heavy (non-hydrogen) atoms. The van der Waals surface area contributed by atoms with Gasteiger partial charge in [0, 0.05) is 25.8 Å². The third-order valence-corrected chi connectivity index (χ3v) is 6.51. The molecule has 0 amide bonds. The van der Waals surface area contributed by atoms with E-state index in [1.165, 1.54) is 16.6 Å². The Balaban J connectivity index is 2.18. The number of sulfonamides is 1. The lowest BCUT2D eigenvalue weighted by Crippen LogP contribution is -2.43. The number of nitrogens with one attached hydrogen (secondary N) is 1. The van der Waals surface area contributed by atoms with Crippen molar-refractivity contribution in [2.75, 3.05) is 31.6 Å². The Morgan fingerprint density at radius 3 is 2.45 bits per heavy atom. The SMILES string of the molecule is CNCc1ccc(S(=O)(=O)N2CCS(=O)(=O)CC2)nc1. The molecule has 1 aliphatic rings. The first-order chi connectivity index (χ1) is 9.35. The zero-order valence-electron chi connectivity index (χ0n) is 11.1. The molecule has 112 valence electrons. The first kappa shape index (κ1) is 15.4. The maximum atomic E-state index is 12.3. The fourth-order valence-corrected chi connectivity index (χ4v) is 4.73. The molecule has 0 atom stereocenters. The van der Waals surface area contributed by atoms with Crippen molar-refractivity contribution in [2.24, 2.45) is 0 Å². The second kappa shape index (κ2) is 5.76. The molecule has 1 aliphatic heterocycles. The zero-order valence-corrected chi connectivity index (χ0v) is 12.7. The van der Waals surface area contributed by atoms with Gasteiger partial charge in [0.15, 0.2) is 14.9 Å². The minimum Gasteiger partial charge on any atom is -0.316 e. The number of hydrogen-bond acceptors (Lipinski definition) is 6. The molecule has 0 aromatic carbocycles. The van der Waals surface area contributed by atoms with Gasteiger partial charge in [-0.25, -0.2) is 21.8 Å². The van der Waals surface area contributed by atoms with E-state index in [1.54, 1.807) is 13.1 Å². The Morgan fingerprint density at radius 1 is 1.30 bits per heavy atom. The van der Waals surface area contributed by atoms with E-state index in [2.05, 4.69) is 10.3 Å². The van der Waals surface area contributed by atoms with Gasteiger partial charge in [-0.3, -0.25) is 0 Å². The van der Waals surface area contributed by atoms with E-state index >= 15 is 0 Å². The van der Waals surface area contributed by atoms with E-state index in [0.29, 0.717) is 6.54 Å². The Bertz CT molecular complexity index is 654. The number of rotatable bonds is 4. The highest BCUT2D eigenvalue weighted by Crippen LogP contribution is 2.16. The van der Waals surface area contributed by atoms with Crippen LogP contribution in [0.2, 0.25) is 0 Å². The Hall–Kier alpha value is -1.03. The molecule has 1 fully saturated rings. The molecule has 1 N–H and O–H groups in total. The van der Waals surface area contributed by atoms with Crippen molar-refractivity contribution in [1.29, 1.82) is 0 Å². The summed E-state index contributed by atoms with van der Waals surface area (Å²) in [6.45, 7) is 0.588. The maximum absolute atomic E-state index is 12.3. The van der Waals surface area contributed by atoms with Gasteiger partial charge in [-0.2, -0.15) is 4.31 Å². The molecule has 0 aliphatic carbocycles. The molecule has 1 aromatic rings. The van der Waals surface area contributed by atoms with Gasteiger partial charge in [-0.1, -0.05) is 6.07 Å². The van der Waals surface area contributed by atoms with E-state index in [9.17, 15) is 16.8 Å². The Morgan fingerprint density at radius 2 is 1.95 bits per heavy atom. The molecule has 1 saturated heterocycles. The third-order valence-electron chi connectivity index (χ3n) is 3.09. The number of sulfone groups is 1. The molecule has 1 aromatic heterocycles. The summed E-state index contributed by atoms with van der Waals surface area (Å²) < 4.78 is 48.5. The van der Waals surface area contributed by atoms with Crippen LogP contribution in [0.4, 0.5) is 0 Å². The Kier molecular flexibility index (Phi) is 4.43. The number of aromatic nitrogens is 1. The smallest absolute Gasteiger partial charge is 0.260 e. The molecule has 0 bridgehead atoms. The van der Waals surface area contributed by atoms with Crippen molar-refractivity contribution in [1.82, 2.24) is 14.6 Å². The number of hydrogen-bond donors (Lipinski definition) is 1. The fourth-order valence-electron chi connectivity index (χ4n) is 1.94. The van der Waals surface area contributed by atoms with Crippen LogP contribution in [0, 0.1) is 0 Å². The predicted octanol–water partition coefficient (Wildman–Crippen LogP) is -0.780. The van der Waals surface area contributed by atoms with Crippen LogP contribution in [0.1, 0.15) is 5.56 Å². The number of pyridine rings is 1. The van der Waals surface area contributed by atoms with Gasteiger partial charge in [0.1, 0.15) is 0 Å². The lowest BCUT2D eigenvalue weighted by molar-refractivity contribution is 0.428. The van der Waals surface area contributed by atoms with E-state index in [-0.39, 0.29) is 29.6 Å². The largest absolute Gasteiger partial charge is 0.316 e. The summed E-state index contributed by atoms with van der Waals surface area (Å²) in [5, 5.41) is 2.90. The Labute approximate surface area is 119 Å². The van der Waals surface area contributed by atoms with Crippen LogP contribution in [0.25, 0.3) is 0 Å². The van der Waals surface area contributed by atoms with Gasteiger partial charge in [0.2, 0.25) is 0 Å². The summed E-state index contributed by atoms with van der Waals surface area (Å²) in [6, 6.07) is 3.14. The van der Waals surface area contributed by atoms with E-state index < -0.39 is 19.9 Å². The lowest BCUT2D eigenvalue weighted by atomic mass is 10.3. The van der Waals surface area contributed by atoms with Crippen molar-refractivity contribution >= 4 is 19.9 Å². The zero-order chi connectivity index (χ0) is 14.8. The topological polar surface area (TPSA) is 96.4 Å². The first-order valence-corrected chi connectivity index (χ1v) is 9.41. The highest BCUT2D eigenvalue weighted by molar-refractivity contribution is 7.92. The van der Waals surface area contributed by atoms with Crippen molar-refractivity contribution in [3.8, 4) is 0 Å². The quantitative estimate of drug-likeness (QED) is 0.782. The van der Waals surface area contributed by atoms with E-state index in [4.69, 9.17) is 0 Å². The minimum atomic E-state index is -3.71. The van der Waals surface area contributed by atoms with Gasteiger partial charge in [0.25, 0.3) is 10.0 Å². The van der Waals surface area contributed by atoms with Gasteiger partial charge < -0.3 is 5.32 Å². The maximum Gasteiger partial charge on any atom is 0.260 e. The minimum absolute atomic E-state index is 0.00931. The molecule has 0 radical (unpaired) electrons. The highest BCUT2D eigenvalue weighted by atomic mass is 32.2. The summed E-state index contributed by atoms with van der Waals surface area (Å²) in [6.07, 6.45) is 1.50. The molecule has 0 unspecified atom stereocenters. The standard InChI is InChI=1S/C11H17N3O4S2/c1-12-8-10-2-3-11(13-9-10)20(17,18)14-4-6-19(15,16)7-5-14/h2-3,9,12H,4-8H2,1H3. The molecule has 9 heteroatoms. The van der Waals surface area contributed by atoms with Crippen LogP contribution >= 0.6 is 0 Å². The van der Waals surface area contributed by atoms with Crippen molar-refractivity contribution in [3.05, 3.63) is 23.9 Å². The molecule has 2 rings (SSSR count). The van der Waals surface area contributed by atoms with Crippen LogP contribution in [-0.2, 0) is 26.4 Å². The predicted molar refractivity (Wildman–Crippen MR) is 74.4 cm³/mol. The molecule has 2 heterocycles. The normalized spacial score (nSPS) is 19.9. The molecular weight excluding hydrogens is 302 g/mol. The van der Waals surface area contributed by atoms with Gasteiger partial charge >= 0.3 is 0 Å². The van der Waals surface area contributed by atoms with Gasteiger partial charge in [0.05, 0.1) is 11.5 Å². The van der Waals surface area contributed by atoms with Crippen molar-refractivity contribution < 1.29 is 16.8 Å². The summed E-state index contributed by atoms with van der Waals surface area (Å²) in [5.74, 6) is -0.270. The summed E-state index contributed by atoms with van der Waals surface area (Å²) in [7, 11) is -5.02. The second-order valence-corrected chi connectivity index (χ2v) is 8.78. The van der Waals surface area contributed by atoms with Crippen LogP contribution < -0.4 is 5.32 Å². The summed E-state index contributed by atoms with van der Waals surface area (Å²) in [5.41, 5.74) is 0.882. The lowest BCUT2D eigenvalue weighted by Gasteiger charge is -2.25. The monoisotopic (exact) mass is 319 g/mol. The average Bonchev–Trinajstić information content (AvgIpc) is 2.39. The number of nitrogens with zero attached hydrogens (tertiary/aromatic N) is 2. The van der Waals surface area contributed by atoms with Crippen molar-refractivity contribution in [3.63, 3.8) is 0 Å². The van der Waals surface area contributed by atoms with E-state index in [0.717, 1.165) is 5.56 Å². The van der Waals surface area contributed by atoms with Gasteiger partial charge in [-0.15, -0.1) is 0 Å². The van der Waals surface area contributed by atoms with Crippen LogP contribution in [0.15, 0.2) is 23.4 Å².